The van der Waals surface area contributed by atoms with Crippen molar-refractivity contribution in [3.8, 4) is 0 Å². The second-order valence-corrected chi connectivity index (χ2v) is 7.75. The van der Waals surface area contributed by atoms with Gasteiger partial charge in [0, 0.05) is 18.7 Å². The molecule has 0 atom stereocenters. The van der Waals surface area contributed by atoms with E-state index in [1.54, 1.807) is 11.8 Å². The van der Waals surface area contributed by atoms with Gasteiger partial charge in [0.15, 0.2) is 0 Å². The molecular weight excluding hydrogens is 312 g/mol. The monoisotopic (exact) mass is 344 g/mol. The number of nitrogens with zero attached hydrogens (tertiary/aromatic N) is 1. The molecule has 0 bridgehead atoms. The van der Waals surface area contributed by atoms with Crippen molar-refractivity contribution in [2.75, 3.05) is 11.9 Å². The van der Waals surface area contributed by atoms with E-state index in [4.69, 9.17) is 0 Å². The molecule has 0 unspecified atom stereocenters. The van der Waals surface area contributed by atoms with Crippen molar-refractivity contribution in [2.45, 2.75) is 78.2 Å². The number of carbonyl (C=O) groups excluding carboxylic acids is 2. The fraction of sp³-hybridized carbons (Fsp3) is 0.619. The van der Waals surface area contributed by atoms with Gasteiger partial charge in [-0.2, -0.15) is 0 Å². The maximum atomic E-state index is 12.7. The number of nitrogens with one attached hydrogen (secondary N) is 1. The summed E-state index contributed by atoms with van der Waals surface area (Å²) in [6, 6.07) is 6.42. The van der Waals surface area contributed by atoms with E-state index in [0.29, 0.717) is 11.8 Å². The molecule has 1 fully saturated rings. The fourth-order valence-electron chi connectivity index (χ4n) is 3.74. The lowest BCUT2D eigenvalue weighted by atomic mass is 9.92. The van der Waals surface area contributed by atoms with Crippen molar-refractivity contribution in [1.82, 2.24) is 4.90 Å². The number of hydrogen-bond acceptors (Lipinski definition) is 2. The molecule has 1 N–H and O–H groups in total. The lowest BCUT2D eigenvalue weighted by molar-refractivity contribution is -0.135. The quantitative estimate of drug-likeness (QED) is 0.816. The molecule has 0 radical (unpaired) electrons. The van der Waals surface area contributed by atoms with Crippen LogP contribution in [0.2, 0.25) is 0 Å². The number of hydrogen-bond donors (Lipinski definition) is 1. The number of amides is 2. The van der Waals surface area contributed by atoms with Crippen LogP contribution in [0.4, 0.5) is 5.69 Å². The normalized spacial score (nSPS) is 15.0. The van der Waals surface area contributed by atoms with Crippen molar-refractivity contribution < 1.29 is 9.59 Å². The van der Waals surface area contributed by atoms with Crippen LogP contribution in [-0.4, -0.2) is 29.3 Å². The Balaban J connectivity index is 2.20. The molecule has 1 aromatic rings. The van der Waals surface area contributed by atoms with Gasteiger partial charge in [-0.1, -0.05) is 58.7 Å². The average molecular weight is 344 g/mol. The predicted octanol–water partition coefficient (Wildman–Crippen LogP) is 4.66. The molecule has 0 saturated heterocycles. The Kier molecular flexibility index (Phi) is 6.63. The Morgan fingerprint density at radius 1 is 1.08 bits per heavy atom. The van der Waals surface area contributed by atoms with E-state index in [0.717, 1.165) is 42.5 Å². The van der Waals surface area contributed by atoms with E-state index in [2.05, 4.69) is 51.2 Å². The van der Waals surface area contributed by atoms with Crippen LogP contribution in [0.25, 0.3) is 0 Å². The molecule has 1 saturated carbocycles. The molecule has 138 valence electrons. The second kappa shape index (κ2) is 8.50. The van der Waals surface area contributed by atoms with Crippen molar-refractivity contribution in [3.05, 3.63) is 29.3 Å². The summed E-state index contributed by atoms with van der Waals surface area (Å²) in [6.07, 6.45) is 4.30. The van der Waals surface area contributed by atoms with Crippen LogP contribution in [0.3, 0.4) is 0 Å². The van der Waals surface area contributed by atoms with Crippen molar-refractivity contribution in [3.63, 3.8) is 0 Å². The number of para-hydroxylation sites is 1. The summed E-state index contributed by atoms with van der Waals surface area (Å²) in [5, 5.41) is 3.12. The Hall–Kier alpha value is -1.84. The number of carbonyl (C=O) groups is 2. The first kappa shape index (κ1) is 19.5. The summed E-state index contributed by atoms with van der Waals surface area (Å²) in [7, 11) is 0. The third-order valence-corrected chi connectivity index (χ3v) is 5.12. The lowest BCUT2D eigenvalue weighted by Gasteiger charge is -2.28. The first-order valence-corrected chi connectivity index (χ1v) is 9.51. The Labute approximate surface area is 152 Å². The van der Waals surface area contributed by atoms with E-state index < -0.39 is 0 Å². The van der Waals surface area contributed by atoms with Gasteiger partial charge in [-0.05, 0) is 35.8 Å². The van der Waals surface area contributed by atoms with Crippen LogP contribution in [0.15, 0.2) is 18.2 Å². The van der Waals surface area contributed by atoms with Crippen molar-refractivity contribution >= 4 is 17.5 Å². The smallest absolute Gasteiger partial charge is 0.244 e. The van der Waals surface area contributed by atoms with Gasteiger partial charge in [0.1, 0.15) is 6.54 Å². The maximum Gasteiger partial charge on any atom is 0.244 e. The zero-order valence-corrected chi connectivity index (χ0v) is 16.3. The molecule has 0 aliphatic heterocycles. The minimum absolute atomic E-state index is 0.0109. The summed E-state index contributed by atoms with van der Waals surface area (Å²) >= 11 is 0. The van der Waals surface area contributed by atoms with Crippen LogP contribution in [-0.2, 0) is 9.59 Å². The highest BCUT2D eigenvalue weighted by atomic mass is 16.2. The first-order valence-electron chi connectivity index (χ1n) is 9.51. The van der Waals surface area contributed by atoms with Crippen LogP contribution < -0.4 is 5.32 Å². The minimum Gasteiger partial charge on any atom is -0.331 e. The molecule has 4 heteroatoms. The number of rotatable bonds is 6. The van der Waals surface area contributed by atoms with E-state index in [1.807, 2.05) is 0 Å². The number of anilines is 1. The zero-order valence-electron chi connectivity index (χ0n) is 16.3. The van der Waals surface area contributed by atoms with Crippen LogP contribution in [0.1, 0.15) is 83.3 Å². The van der Waals surface area contributed by atoms with Gasteiger partial charge in [0.25, 0.3) is 0 Å². The Morgan fingerprint density at radius 2 is 1.60 bits per heavy atom. The predicted molar refractivity (Wildman–Crippen MR) is 103 cm³/mol. The van der Waals surface area contributed by atoms with Gasteiger partial charge in [0.05, 0.1) is 0 Å². The highest BCUT2D eigenvalue weighted by molar-refractivity contribution is 5.96. The van der Waals surface area contributed by atoms with E-state index in [-0.39, 0.29) is 24.4 Å². The molecule has 4 nitrogen and oxygen atoms in total. The summed E-state index contributed by atoms with van der Waals surface area (Å²) in [5.41, 5.74) is 3.22. The van der Waals surface area contributed by atoms with Gasteiger partial charge >= 0.3 is 0 Å². The second-order valence-electron chi connectivity index (χ2n) is 7.75. The SMILES string of the molecule is CC(=O)N(CC(=O)Nc1c(C(C)C)cccc1C(C)C)C1CCCC1. The fourth-order valence-corrected chi connectivity index (χ4v) is 3.74. The largest absolute Gasteiger partial charge is 0.331 e. The standard InChI is InChI=1S/C21H32N2O2/c1-14(2)18-11-8-12-19(15(3)4)21(18)22-20(25)13-23(16(5)24)17-9-6-7-10-17/h8,11-12,14-15,17H,6-7,9-10,13H2,1-5H3,(H,22,25). The van der Waals surface area contributed by atoms with Crippen molar-refractivity contribution in [2.24, 2.45) is 0 Å². The Morgan fingerprint density at radius 3 is 2.04 bits per heavy atom. The molecular formula is C21H32N2O2. The molecule has 0 aromatic heterocycles. The summed E-state index contributed by atoms with van der Waals surface area (Å²) in [4.78, 5) is 26.5. The Bertz CT molecular complexity index is 590. The van der Waals surface area contributed by atoms with Gasteiger partial charge < -0.3 is 10.2 Å². The van der Waals surface area contributed by atoms with E-state index in [9.17, 15) is 9.59 Å². The average Bonchev–Trinajstić information content (AvgIpc) is 3.06. The van der Waals surface area contributed by atoms with Crippen LogP contribution in [0, 0.1) is 0 Å². The molecule has 1 aromatic carbocycles. The lowest BCUT2D eigenvalue weighted by Crippen LogP contribution is -2.42. The van der Waals surface area contributed by atoms with Gasteiger partial charge in [-0.15, -0.1) is 0 Å². The highest BCUT2D eigenvalue weighted by Crippen LogP contribution is 2.32. The van der Waals surface area contributed by atoms with Crippen LogP contribution in [0.5, 0.6) is 0 Å². The van der Waals surface area contributed by atoms with Gasteiger partial charge in [0.2, 0.25) is 11.8 Å². The van der Waals surface area contributed by atoms with E-state index >= 15 is 0 Å². The minimum atomic E-state index is -0.0999. The zero-order chi connectivity index (χ0) is 18.6. The van der Waals surface area contributed by atoms with E-state index in [1.165, 1.54) is 0 Å². The van der Waals surface area contributed by atoms with Crippen molar-refractivity contribution in [1.29, 1.82) is 0 Å². The summed E-state index contributed by atoms with van der Waals surface area (Å²) in [6.45, 7) is 10.2. The molecule has 2 amide bonds. The first-order chi connectivity index (χ1) is 11.8. The molecule has 0 spiro atoms. The molecule has 1 aliphatic rings. The summed E-state index contributed by atoms with van der Waals surface area (Å²) < 4.78 is 0. The molecule has 2 rings (SSSR count). The molecule has 25 heavy (non-hydrogen) atoms. The maximum absolute atomic E-state index is 12.7. The van der Waals surface area contributed by atoms with Gasteiger partial charge in [-0.25, -0.2) is 0 Å². The van der Waals surface area contributed by atoms with Crippen LogP contribution >= 0.6 is 0 Å². The number of benzene rings is 1. The molecule has 1 aliphatic carbocycles. The highest BCUT2D eigenvalue weighted by Gasteiger charge is 2.27. The topological polar surface area (TPSA) is 49.4 Å². The summed E-state index contributed by atoms with van der Waals surface area (Å²) in [5.74, 6) is 0.542. The third kappa shape index (κ3) is 4.83. The van der Waals surface area contributed by atoms with Gasteiger partial charge in [-0.3, -0.25) is 9.59 Å². The molecule has 0 heterocycles. The third-order valence-electron chi connectivity index (χ3n) is 5.12.